The third-order valence-corrected chi connectivity index (χ3v) is 5.00. The standard InChI is InChI=1S/C18H20N2O2S/c1-13-8-9-16(23-13)18(22)19-11-10-17(21)20-12-4-6-14-5-2-3-7-15(14)20/h2-3,5,7-9H,4,6,10-12H2,1H3,(H,19,22). The summed E-state index contributed by atoms with van der Waals surface area (Å²) in [7, 11) is 0. The Morgan fingerprint density at radius 2 is 2.04 bits per heavy atom. The molecule has 23 heavy (non-hydrogen) atoms. The highest BCUT2D eigenvalue weighted by Gasteiger charge is 2.21. The molecule has 0 fully saturated rings. The van der Waals surface area contributed by atoms with Crippen molar-refractivity contribution < 1.29 is 9.59 Å². The molecule has 0 bridgehead atoms. The monoisotopic (exact) mass is 328 g/mol. The fourth-order valence-corrected chi connectivity index (χ4v) is 3.64. The van der Waals surface area contributed by atoms with E-state index in [0.717, 1.165) is 30.0 Å². The number of rotatable bonds is 4. The van der Waals surface area contributed by atoms with Crippen molar-refractivity contribution in [2.75, 3.05) is 18.0 Å². The molecule has 2 amide bonds. The smallest absolute Gasteiger partial charge is 0.261 e. The van der Waals surface area contributed by atoms with E-state index in [1.807, 2.05) is 42.2 Å². The summed E-state index contributed by atoms with van der Waals surface area (Å²) >= 11 is 1.47. The molecule has 4 nitrogen and oxygen atoms in total. The number of para-hydroxylation sites is 1. The summed E-state index contributed by atoms with van der Waals surface area (Å²) in [6.07, 6.45) is 2.34. The van der Waals surface area contributed by atoms with Gasteiger partial charge in [0.25, 0.3) is 5.91 Å². The van der Waals surface area contributed by atoms with Gasteiger partial charge in [0, 0.05) is 30.1 Å². The maximum Gasteiger partial charge on any atom is 0.261 e. The van der Waals surface area contributed by atoms with Crippen molar-refractivity contribution in [3.63, 3.8) is 0 Å². The van der Waals surface area contributed by atoms with Crippen LogP contribution in [0.4, 0.5) is 5.69 Å². The van der Waals surface area contributed by atoms with E-state index >= 15 is 0 Å². The number of carbonyl (C=O) groups excluding carboxylic acids is 2. The Bertz CT molecular complexity index is 723. The molecule has 120 valence electrons. The fraction of sp³-hybridized carbons (Fsp3) is 0.333. The van der Waals surface area contributed by atoms with Gasteiger partial charge in [-0.1, -0.05) is 18.2 Å². The van der Waals surface area contributed by atoms with E-state index in [9.17, 15) is 9.59 Å². The second kappa shape index (κ2) is 6.96. The molecule has 0 atom stereocenters. The number of fused-ring (bicyclic) bond motifs is 1. The van der Waals surface area contributed by atoms with E-state index in [-0.39, 0.29) is 11.8 Å². The van der Waals surface area contributed by atoms with Gasteiger partial charge in [-0.15, -0.1) is 11.3 Å². The number of hydrogen-bond acceptors (Lipinski definition) is 3. The van der Waals surface area contributed by atoms with Crippen LogP contribution in [0.1, 0.15) is 33.0 Å². The number of thiophene rings is 1. The zero-order valence-corrected chi connectivity index (χ0v) is 14.0. The first-order valence-corrected chi connectivity index (χ1v) is 8.70. The van der Waals surface area contributed by atoms with Crippen LogP contribution < -0.4 is 10.2 Å². The minimum absolute atomic E-state index is 0.0693. The van der Waals surface area contributed by atoms with Gasteiger partial charge in [0.2, 0.25) is 5.91 Å². The Balaban J connectivity index is 1.55. The van der Waals surface area contributed by atoms with Crippen molar-refractivity contribution in [2.45, 2.75) is 26.2 Å². The molecular formula is C18H20N2O2S. The van der Waals surface area contributed by atoms with Crippen molar-refractivity contribution >= 4 is 28.8 Å². The number of carbonyl (C=O) groups is 2. The van der Waals surface area contributed by atoms with Crippen LogP contribution in [-0.2, 0) is 11.2 Å². The van der Waals surface area contributed by atoms with Crippen LogP contribution in [0.5, 0.6) is 0 Å². The van der Waals surface area contributed by atoms with E-state index in [0.29, 0.717) is 17.8 Å². The first-order valence-electron chi connectivity index (χ1n) is 7.88. The summed E-state index contributed by atoms with van der Waals surface area (Å²) in [4.78, 5) is 28.1. The molecule has 1 aliphatic heterocycles. The van der Waals surface area contributed by atoms with Gasteiger partial charge >= 0.3 is 0 Å². The molecule has 0 saturated heterocycles. The SMILES string of the molecule is Cc1ccc(C(=O)NCCC(=O)N2CCCc3ccccc32)s1. The van der Waals surface area contributed by atoms with Gasteiger partial charge in [-0.05, 0) is 43.5 Å². The summed E-state index contributed by atoms with van der Waals surface area (Å²) in [5, 5.41) is 2.83. The highest BCUT2D eigenvalue weighted by atomic mass is 32.1. The zero-order valence-electron chi connectivity index (χ0n) is 13.2. The van der Waals surface area contributed by atoms with Gasteiger partial charge in [0.15, 0.2) is 0 Å². The van der Waals surface area contributed by atoms with Crippen LogP contribution in [0.2, 0.25) is 0 Å². The summed E-state index contributed by atoms with van der Waals surface area (Å²) in [6, 6.07) is 11.8. The van der Waals surface area contributed by atoms with Gasteiger partial charge in [-0.25, -0.2) is 0 Å². The van der Waals surface area contributed by atoms with E-state index in [2.05, 4.69) is 11.4 Å². The predicted molar refractivity (Wildman–Crippen MR) is 93.1 cm³/mol. The Kier molecular flexibility index (Phi) is 4.76. The fourth-order valence-electron chi connectivity index (χ4n) is 2.85. The van der Waals surface area contributed by atoms with Crippen molar-refractivity contribution in [3.8, 4) is 0 Å². The molecule has 1 aromatic carbocycles. The van der Waals surface area contributed by atoms with E-state index in [1.54, 1.807) is 0 Å². The van der Waals surface area contributed by atoms with Gasteiger partial charge in [0.1, 0.15) is 0 Å². The van der Waals surface area contributed by atoms with Gasteiger partial charge < -0.3 is 10.2 Å². The highest BCUT2D eigenvalue weighted by Crippen LogP contribution is 2.27. The number of benzene rings is 1. The number of aryl methyl sites for hydroxylation is 2. The second-order valence-electron chi connectivity index (χ2n) is 5.69. The van der Waals surface area contributed by atoms with Crippen LogP contribution in [0.15, 0.2) is 36.4 Å². The van der Waals surface area contributed by atoms with Crippen LogP contribution in [0.3, 0.4) is 0 Å². The lowest BCUT2D eigenvalue weighted by Gasteiger charge is -2.29. The molecule has 0 radical (unpaired) electrons. The Morgan fingerprint density at radius 3 is 2.83 bits per heavy atom. The number of nitrogens with zero attached hydrogens (tertiary/aromatic N) is 1. The van der Waals surface area contributed by atoms with E-state index < -0.39 is 0 Å². The van der Waals surface area contributed by atoms with Gasteiger partial charge in [-0.3, -0.25) is 9.59 Å². The molecule has 5 heteroatoms. The van der Waals surface area contributed by atoms with Crippen LogP contribution >= 0.6 is 11.3 Å². The Hall–Kier alpha value is -2.14. The topological polar surface area (TPSA) is 49.4 Å². The average Bonchev–Trinajstić information content (AvgIpc) is 3.00. The van der Waals surface area contributed by atoms with E-state index in [4.69, 9.17) is 0 Å². The molecule has 1 aromatic heterocycles. The molecule has 3 rings (SSSR count). The van der Waals surface area contributed by atoms with Crippen LogP contribution in [0, 0.1) is 6.92 Å². The molecule has 1 aliphatic rings. The second-order valence-corrected chi connectivity index (χ2v) is 6.98. The Labute approximate surface area is 140 Å². The molecular weight excluding hydrogens is 308 g/mol. The lowest BCUT2D eigenvalue weighted by Crippen LogP contribution is -2.37. The van der Waals surface area contributed by atoms with Crippen LogP contribution in [-0.4, -0.2) is 24.9 Å². The first kappa shape index (κ1) is 15.7. The molecule has 2 aromatic rings. The zero-order chi connectivity index (χ0) is 16.2. The molecule has 2 heterocycles. The van der Waals surface area contributed by atoms with Crippen molar-refractivity contribution in [2.24, 2.45) is 0 Å². The summed E-state index contributed by atoms with van der Waals surface area (Å²) in [5.74, 6) is -0.0326. The number of anilines is 1. The quantitative estimate of drug-likeness (QED) is 0.937. The summed E-state index contributed by atoms with van der Waals surface area (Å²) < 4.78 is 0. The highest BCUT2D eigenvalue weighted by molar-refractivity contribution is 7.13. The number of nitrogens with one attached hydrogen (secondary N) is 1. The lowest BCUT2D eigenvalue weighted by molar-refractivity contribution is -0.118. The molecule has 0 spiro atoms. The normalized spacial score (nSPS) is 13.5. The predicted octanol–water partition coefficient (Wildman–Crippen LogP) is 3.16. The van der Waals surface area contributed by atoms with Crippen molar-refractivity contribution in [1.82, 2.24) is 5.32 Å². The molecule has 0 saturated carbocycles. The lowest BCUT2D eigenvalue weighted by atomic mass is 10.0. The molecule has 0 unspecified atom stereocenters. The Morgan fingerprint density at radius 1 is 1.22 bits per heavy atom. The van der Waals surface area contributed by atoms with Gasteiger partial charge in [0.05, 0.1) is 4.88 Å². The third kappa shape index (κ3) is 3.62. The van der Waals surface area contributed by atoms with Crippen molar-refractivity contribution in [3.05, 3.63) is 51.7 Å². The molecule has 1 N–H and O–H groups in total. The van der Waals surface area contributed by atoms with E-state index in [1.165, 1.54) is 16.9 Å². The maximum absolute atomic E-state index is 12.5. The van der Waals surface area contributed by atoms with Crippen LogP contribution in [0.25, 0.3) is 0 Å². The number of amides is 2. The largest absolute Gasteiger partial charge is 0.351 e. The maximum atomic E-state index is 12.5. The summed E-state index contributed by atoms with van der Waals surface area (Å²) in [5.41, 5.74) is 2.24. The minimum atomic E-state index is -0.102. The first-order chi connectivity index (χ1) is 11.1. The minimum Gasteiger partial charge on any atom is -0.351 e. The number of hydrogen-bond donors (Lipinski definition) is 1. The van der Waals surface area contributed by atoms with Gasteiger partial charge in [-0.2, -0.15) is 0 Å². The third-order valence-electron chi connectivity index (χ3n) is 4.00. The summed E-state index contributed by atoms with van der Waals surface area (Å²) in [6.45, 7) is 3.10. The average molecular weight is 328 g/mol. The van der Waals surface area contributed by atoms with Crippen molar-refractivity contribution in [1.29, 1.82) is 0 Å². The molecule has 0 aliphatic carbocycles.